The van der Waals surface area contributed by atoms with Crippen LogP contribution in [-0.4, -0.2) is 42.4 Å². The summed E-state index contributed by atoms with van der Waals surface area (Å²) in [5.74, 6) is -0.0644. The molecule has 0 aliphatic rings. The quantitative estimate of drug-likeness (QED) is 0.712. The van der Waals surface area contributed by atoms with Gasteiger partial charge in [0.2, 0.25) is 5.91 Å². The number of hydrogen-bond donors (Lipinski definition) is 3. The van der Waals surface area contributed by atoms with Crippen LogP contribution in [0.25, 0.3) is 10.9 Å². The summed E-state index contributed by atoms with van der Waals surface area (Å²) in [6.45, 7) is 0.448. The van der Waals surface area contributed by atoms with E-state index >= 15 is 0 Å². The second-order valence-corrected chi connectivity index (χ2v) is 4.77. The van der Waals surface area contributed by atoms with E-state index in [0.717, 1.165) is 16.5 Å². The number of amides is 1. The van der Waals surface area contributed by atoms with Gasteiger partial charge in [-0.05, 0) is 18.1 Å². The van der Waals surface area contributed by atoms with Gasteiger partial charge in [0.1, 0.15) is 0 Å². The van der Waals surface area contributed by atoms with Crippen molar-refractivity contribution in [1.82, 2.24) is 10.3 Å². The minimum Gasteiger partial charge on any atom is -0.389 e. The summed E-state index contributed by atoms with van der Waals surface area (Å²) >= 11 is 0. The second-order valence-electron chi connectivity index (χ2n) is 4.77. The molecule has 5 nitrogen and oxygen atoms in total. The Morgan fingerprint density at radius 2 is 2.25 bits per heavy atom. The van der Waals surface area contributed by atoms with Gasteiger partial charge in [-0.15, -0.1) is 0 Å². The van der Waals surface area contributed by atoms with E-state index in [1.807, 2.05) is 30.5 Å². The SMILES string of the molecule is COC[C@@H](O)CNC(=O)CCc1c[nH]c2ccccc12. The summed E-state index contributed by atoms with van der Waals surface area (Å²) in [6, 6.07) is 8.02. The fourth-order valence-electron chi connectivity index (χ4n) is 2.16. The number of H-pyrrole nitrogens is 1. The van der Waals surface area contributed by atoms with E-state index in [0.29, 0.717) is 12.8 Å². The first kappa shape index (κ1) is 14.6. The maximum atomic E-state index is 11.7. The number of rotatable bonds is 7. The van der Waals surface area contributed by atoms with Gasteiger partial charge in [0.15, 0.2) is 0 Å². The first-order valence-corrected chi connectivity index (χ1v) is 6.69. The van der Waals surface area contributed by atoms with Gasteiger partial charge in [0.05, 0.1) is 12.7 Å². The number of carbonyl (C=O) groups is 1. The summed E-state index contributed by atoms with van der Waals surface area (Å²) < 4.78 is 4.80. The highest BCUT2D eigenvalue weighted by molar-refractivity contribution is 5.84. The molecular weight excluding hydrogens is 256 g/mol. The molecule has 5 heteroatoms. The number of aromatic nitrogens is 1. The van der Waals surface area contributed by atoms with E-state index in [-0.39, 0.29) is 19.1 Å². The molecule has 1 amide bonds. The minimum absolute atomic E-state index is 0.0644. The van der Waals surface area contributed by atoms with Crippen LogP contribution in [0.4, 0.5) is 0 Å². The van der Waals surface area contributed by atoms with E-state index in [1.54, 1.807) is 0 Å². The van der Waals surface area contributed by atoms with E-state index in [1.165, 1.54) is 7.11 Å². The molecule has 20 heavy (non-hydrogen) atoms. The number of methoxy groups -OCH3 is 1. The molecular formula is C15H20N2O3. The number of aryl methyl sites for hydroxylation is 1. The third kappa shape index (κ3) is 3.82. The number of aliphatic hydroxyl groups is 1. The number of carbonyl (C=O) groups excluding carboxylic acids is 1. The van der Waals surface area contributed by atoms with Crippen LogP contribution >= 0.6 is 0 Å². The molecule has 1 aromatic heterocycles. The topological polar surface area (TPSA) is 74.3 Å². The van der Waals surface area contributed by atoms with Crippen molar-refractivity contribution < 1.29 is 14.6 Å². The number of hydrogen-bond acceptors (Lipinski definition) is 3. The third-order valence-corrected chi connectivity index (χ3v) is 3.19. The standard InChI is InChI=1S/C15H20N2O3/c1-20-10-12(18)9-17-15(19)7-6-11-8-16-14-5-3-2-4-13(11)14/h2-5,8,12,16,18H,6-7,9-10H2,1H3,(H,17,19)/t12-/m0/s1. The Balaban J connectivity index is 1.81. The Morgan fingerprint density at radius 3 is 3.05 bits per heavy atom. The van der Waals surface area contributed by atoms with Crippen molar-refractivity contribution in [2.45, 2.75) is 18.9 Å². The van der Waals surface area contributed by atoms with Gasteiger partial charge in [-0.2, -0.15) is 0 Å². The van der Waals surface area contributed by atoms with Crippen molar-refractivity contribution in [3.63, 3.8) is 0 Å². The summed E-state index contributed by atoms with van der Waals surface area (Å²) in [5, 5.41) is 13.3. The molecule has 0 saturated carbocycles. The molecule has 0 spiro atoms. The van der Waals surface area contributed by atoms with Crippen molar-refractivity contribution in [3.05, 3.63) is 36.0 Å². The Bertz CT molecular complexity index is 565. The number of fused-ring (bicyclic) bond motifs is 1. The van der Waals surface area contributed by atoms with Crippen molar-refractivity contribution in [3.8, 4) is 0 Å². The third-order valence-electron chi connectivity index (χ3n) is 3.19. The maximum Gasteiger partial charge on any atom is 0.220 e. The zero-order chi connectivity index (χ0) is 14.4. The summed E-state index contributed by atoms with van der Waals surface area (Å²) in [4.78, 5) is 14.9. The Labute approximate surface area is 117 Å². The van der Waals surface area contributed by atoms with Gasteiger partial charge in [-0.3, -0.25) is 4.79 Å². The molecule has 1 atom stereocenters. The molecule has 1 heterocycles. The minimum atomic E-state index is -0.656. The van der Waals surface area contributed by atoms with Crippen LogP contribution in [0.2, 0.25) is 0 Å². The molecule has 0 unspecified atom stereocenters. The number of nitrogens with one attached hydrogen (secondary N) is 2. The van der Waals surface area contributed by atoms with Crippen LogP contribution in [0.3, 0.4) is 0 Å². The first-order chi connectivity index (χ1) is 9.70. The molecule has 1 aromatic carbocycles. The molecule has 0 aliphatic heterocycles. The van der Waals surface area contributed by atoms with E-state index in [9.17, 15) is 9.90 Å². The van der Waals surface area contributed by atoms with Gasteiger partial charge in [-0.1, -0.05) is 18.2 Å². The fourth-order valence-corrected chi connectivity index (χ4v) is 2.16. The van der Waals surface area contributed by atoms with Crippen molar-refractivity contribution in [1.29, 1.82) is 0 Å². The first-order valence-electron chi connectivity index (χ1n) is 6.69. The van der Waals surface area contributed by atoms with E-state index in [4.69, 9.17) is 4.74 Å². The monoisotopic (exact) mass is 276 g/mol. The van der Waals surface area contributed by atoms with Crippen LogP contribution in [0.15, 0.2) is 30.5 Å². The van der Waals surface area contributed by atoms with Crippen LogP contribution in [0, 0.1) is 0 Å². The van der Waals surface area contributed by atoms with Gasteiger partial charge in [-0.25, -0.2) is 0 Å². The highest BCUT2D eigenvalue weighted by atomic mass is 16.5. The van der Waals surface area contributed by atoms with Crippen LogP contribution in [-0.2, 0) is 16.0 Å². The molecule has 0 fully saturated rings. The molecule has 0 bridgehead atoms. The normalized spacial score (nSPS) is 12.5. The lowest BCUT2D eigenvalue weighted by molar-refractivity contribution is -0.121. The zero-order valence-electron chi connectivity index (χ0n) is 11.6. The highest BCUT2D eigenvalue weighted by Crippen LogP contribution is 2.18. The van der Waals surface area contributed by atoms with Crippen LogP contribution in [0.5, 0.6) is 0 Å². The average molecular weight is 276 g/mol. The maximum absolute atomic E-state index is 11.7. The molecule has 2 rings (SSSR count). The fraction of sp³-hybridized carbons (Fsp3) is 0.400. The smallest absolute Gasteiger partial charge is 0.220 e. The van der Waals surface area contributed by atoms with Crippen molar-refractivity contribution in [2.24, 2.45) is 0 Å². The number of aliphatic hydroxyl groups excluding tert-OH is 1. The van der Waals surface area contributed by atoms with Gasteiger partial charge < -0.3 is 20.1 Å². The Kier molecular flexibility index (Phi) is 5.15. The predicted molar refractivity (Wildman–Crippen MR) is 77.5 cm³/mol. The van der Waals surface area contributed by atoms with E-state index < -0.39 is 6.10 Å². The number of para-hydroxylation sites is 1. The predicted octanol–water partition coefficient (Wildman–Crippen LogP) is 1.22. The Hall–Kier alpha value is -1.85. The van der Waals surface area contributed by atoms with Crippen LogP contribution < -0.4 is 5.32 Å². The lowest BCUT2D eigenvalue weighted by atomic mass is 10.1. The summed E-state index contributed by atoms with van der Waals surface area (Å²) in [7, 11) is 1.52. The molecule has 2 aromatic rings. The van der Waals surface area contributed by atoms with Crippen molar-refractivity contribution >= 4 is 16.8 Å². The number of ether oxygens (including phenoxy) is 1. The zero-order valence-corrected chi connectivity index (χ0v) is 11.6. The number of benzene rings is 1. The molecule has 0 saturated heterocycles. The van der Waals surface area contributed by atoms with Crippen LogP contribution in [0.1, 0.15) is 12.0 Å². The molecule has 0 radical (unpaired) electrons. The Morgan fingerprint density at radius 1 is 1.45 bits per heavy atom. The molecule has 0 aliphatic carbocycles. The highest BCUT2D eigenvalue weighted by Gasteiger charge is 2.08. The van der Waals surface area contributed by atoms with E-state index in [2.05, 4.69) is 10.3 Å². The second kappa shape index (κ2) is 7.07. The number of aromatic amines is 1. The molecule has 3 N–H and O–H groups in total. The van der Waals surface area contributed by atoms with Gasteiger partial charge in [0, 0.05) is 37.2 Å². The largest absolute Gasteiger partial charge is 0.389 e. The average Bonchev–Trinajstić information content (AvgIpc) is 2.86. The lowest BCUT2D eigenvalue weighted by Crippen LogP contribution is -2.34. The summed E-state index contributed by atoms with van der Waals surface area (Å²) in [6.07, 6.45) is 2.37. The van der Waals surface area contributed by atoms with Gasteiger partial charge in [0.25, 0.3) is 0 Å². The summed E-state index contributed by atoms with van der Waals surface area (Å²) in [5.41, 5.74) is 2.21. The lowest BCUT2D eigenvalue weighted by Gasteiger charge is -2.10. The van der Waals surface area contributed by atoms with Gasteiger partial charge >= 0.3 is 0 Å². The molecule has 108 valence electrons. The van der Waals surface area contributed by atoms with Crippen molar-refractivity contribution in [2.75, 3.05) is 20.3 Å².